The molecule has 4 rings (SSSR count). The Hall–Kier alpha value is -2.58. The van der Waals surface area contributed by atoms with Gasteiger partial charge in [0, 0.05) is 41.2 Å². The Kier molecular flexibility index (Phi) is 5.23. The number of aldehydes is 1. The molecule has 0 amide bonds. The van der Waals surface area contributed by atoms with Gasteiger partial charge in [-0.25, -0.2) is 17.2 Å². The van der Waals surface area contributed by atoms with Gasteiger partial charge in [-0.3, -0.25) is 4.79 Å². The molecule has 152 valence electrons. The summed E-state index contributed by atoms with van der Waals surface area (Å²) >= 11 is 0. The Morgan fingerprint density at radius 3 is 2.34 bits per heavy atom. The number of hydrogen-bond acceptors (Lipinski definition) is 3. The van der Waals surface area contributed by atoms with Gasteiger partial charge in [-0.1, -0.05) is 12.8 Å². The van der Waals surface area contributed by atoms with E-state index in [0.29, 0.717) is 30.3 Å². The van der Waals surface area contributed by atoms with Crippen molar-refractivity contribution in [3.05, 3.63) is 53.6 Å². The number of benzene rings is 2. The minimum Gasteiger partial charge on any atom is -0.354 e. The van der Waals surface area contributed by atoms with Crippen LogP contribution in [0.1, 0.15) is 36.0 Å². The number of carbonyl (C=O) groups excluding carboxylic acids is 1. The highest BCUT2D eigenvalue weighted by Crippen LogP contribution is 2.33. The molecular weight excluding hydrogens is 398 g/mol. The van der Waals surface area contributed by atoms with E-state index in [9.17, 15) is 22.0 Å². The molecule has 2 heterocycles. The lowest BCUT2D eigenvalue weighted by molar-refractivity contribution is 0.112. The summed E-state index contributed by atoms with van der Waals surface area (Å²) in [6.45, 7) is 0.945. The lowest BCUT2D eigenvalue weighted by atomic mass is 10.1. The molecule has 1 N–H and O–H groups in total. The van der Waals surface area contributed by atoms with Crippen LogP contribution in [0.25, 0.3) is 22.2 Å². The van der Waals surface area contributed by atoms with Crippen LogP contribution in [0.3, 0.4) is 0 Å². The third-order valence-electron chi connectivity index (χ3n) is 5.33. The summed E-state index contributed by atoms with van der Waals surface area (Å²) < 4.78 is 55.1. The van der Waals surface area contributed by atoms with E-state index < -0.39 is 21.7 Å². The number of rotatable bonds is 4. The molecule has 3 aromatic rings. The van der Waals surface area contributed by atoms with Crippen LogP contribution in [0, 0.1) is 11.6 Å². The summed E-state index contributed by atoms with van der Waals surface area (Å²) in [4.78, 5) is 14.8. The monoisotopic (exact) mass is 418 g/mol. The number of fused-ring (bicyclic) bond motifs is 1. The fraction of sp³-hybridized carbons (Fsp3) is 0.286. The van der Waals surface area contributed by atoms with E-state index in [1.165, 1.54) is 22.5 Å². The van der Waals surface area contributed by atoms with Crippen LogP contribution in [-0.2, 0) is 10.0 Å². The van der Waals surface area contributed by atoms with E-state index in [1.54, 1.807) is 6.07 Å². The number of sulfonamides is 1. The summed E-state index contributed by atoms with van der Waals surface area (Å²) in [6.07, 6.45) is 4.20. The molecule has 5 nitrogen and oxygen atoms in total. The maximum absolute atomic E-state index is 14.3. The van der Waals surface area contributed by atoms with E-state index in [-0.39, 0.29) is 21.7 Å². The zero-order chi connectivity index (χ0) is 20.6. The lowest BCUT2D eigenvalue weighted by Gasteiger charge is -2.20. The first-order valence-corrected chi connectivity index (χ1v) is 10.9. The number of nitrogens with one attached hydrogen (secondary N) is 1. The fourth-order valence-corrected chi connectivity index (χ4v) is 5.35. The van der Waals surface area contributed by atoms with Crippen molar-refractivity contribution in [3.8, 4) is 11.3 Å². The molecule has 0 unspecified atom stereocenters. The third kappa shape index (κ3) is 3.58. The van der Waals surface area contributed by atoms with Gasteiger partial charge in [0.05, 0.1) is 10.6 Å². The SMILES string of the molecule is O=Cc1c(-c2ccc(F)cc2F)[nH]c2ccc(S(=O)(=O)N3CCCCCC3)cc12. The van der Waals surface area contributed by atoms with E-state index in [1.807, 2.05) is 0 Å². The van der Waals surface area contributed by atoms with Gasteiger partial charge in [0.2, 0.25) is 10.0 Å². The summed E-state index contributed by atoms with van der Waals surface area (Å²) in [6, 6.07) is 7.59. The van der Waals surface area contributed by atoms with Crippen molar-refractivity contribution in [2.45, 2.75) is 30.6 Å². The second-order valence-electron chi connectivity index (χ2n) is 7.18. The molecule has 0 atom stereocenters. The predicted octanol–water partition coefficient (Wildman–Crippen LogP) is 4.49. The first-order chi connectivity index (χ1) is 13.9. The molecule has 1 aliphatic heterocycles. The first kappa shape index (κ1) is 19.7. The minimum absolute atomic E-state index is 0.0432. The highest BCUT2D eigenvalue weighted by atomic mass is 32.2. The number of nitrogens with zero attached hydrogens (tertiary/aromatic N) is 1. The van der Waals surface area contributed by atoms with E-state index in [0.717, 1.165) is 37.8 Å². The number of hydrogen-bond donors (Lipinski definition) is 1. The maximum Gasteiger partial charge on any atom is 0.243 e. The van der Waals surface area contributed by atoms with Crippen LogP contribution in [0.5, 0.6) is 0 Å². The molecular formula is C21H20F2N2O3S. The number of aromatic amines is 1. The molecule has 1 fully saturated rings. The second kappa shape index (κ2) is 7.68. The van der Waals surface area contributed by atoms with Gasteiger partial charge < -0.3 is 4.98 Å². The molecule has 2 aromatic carbocycles. The molecule has 0 aliphatic carbocycles. The number of halogens is 2. The molecule has 8 heteroatoms. The highest BCUT2D eigenvalue weighted by Gasteiger charge is 2.26. The molecule has 0 bridgehead atoms. The van der Waals surface area contributed by atoms with Gasteiger partial charge in [-0.15, -0.1) is 0 Å². The van der Waals surface area contributed by atoms with Crippen molar-refractivity contribution >= 4 is 27.2 Å². The van der Waals surface area contributed by atoms with Crippen molar-refractivity contribution in [1.29, 1.82) is 0 Å². The van der Waals surface area contributed by atoms with E-state index in [4.69, 9.17) is 0 Å². The Bertz CT molecular complexity index is 1180. The quantitative estimate of drug-likeness (QED) is 0.635. The van der Waals surface area contributed by atoms with Crippen molar-refractivity contribution in [1.82, 2.24) is 9.29 Å². The smallest absolute Gasteiger partial charge is 0.243 e. The molecule has 0 spiro atoms. The van der Waals surface area contributed by atoms with Gasteiger partial charge in [0.1, 0.15) is 11.6 Å². The summed E-state index contributed by atoms with van der Waals surface area (Å²) in [7, 11) is -3.69. The van der Waals surface area contributed by atoms with Crippen molar-refractivity contribution in [2.24, 2.45) is 0 Å². The standard InChI is InChI=1S/C21H20F2N2O3S/c22-14-5-7-16(19(23)11-14)21-18(13-26)17-12-15(6-8-20(17)24-21)29(27,28)25-9-3-1-2-4-10-25/h5-8,11-13,24H,1-4,9-10H2. The largest absolute Gasteiger partial charge is 0.354 e. The van der Waals surface area contributed by atoms with Crippen molar-refractivity contribution < 1.29 is 22.0 Å². The average Bonchev–Trinajstić information content (AvgIpc) is 2.85. The van der Waals surface area contributed by atoms with Gasteiger partial charge in [0.15, 0.2) is 6.29 Å². The van der Waals surface area contributed by atoms with Crippen LogP contribution < -0.4 is 0 Å². The topological polar surface area (TPSA) is 70.2 Å². The van der Waals surface area contributed by atoms with E-state index in [2.05, 4.69) is 4.98 Å². The number of aromatic nitrogens is 1. The summed E-state index contributed by atoms with van der Waals surface area (Å²) in [5.74, 6) is -1.53. The van der Waals surface area contributed by atoms with Crippen molar-refractivity contribution in [2.75, 3.05) is 13.1 Å². The fourth-order valence-electron chi connectivity index (χ4n) is 3.81. The molecule has 0 saturated carbocycles. The van der Waals surface area contributed by atoms with Gasteiger partial charge in [-0.05, 0) is 43.2 Å². The molecule has 1 aromatic heterocycles. The van der Waals surface area contributed by atoms with Crippen LogP contribution in [0.4, 0.5) is 8.78 Å². The minimum atomic E-state index is -3.69. The summed E-state index contributed by atoms with van der Waals surface area (Å²) in [5, 5.41) is 0.384. The van der Waals surface area contributed by atoms with Crippen LogP contribution in [0.15, 0.2) is 41.3 Å². The second-order valence-corrected chi connectivity index (χ2v) is 9.12. The lowest BCUT2D eigenvalue weighted by Crippen LogP contribution is -2.31. The van der Waals surface area contributed by atoms with Crippen LogP contribution in [0.2, 0.25) is 0 Å². The van der Waals surface area contributed by atoms with Gasteiger partial charge in [0.25, 0.3) is 0 Å². The Labute approximate surface area is 167 Å². The average molecular weight is 418 g/mol. The van der Waals surface area contributed by atoms with Gasteiger partial charge in [-0.2, -0.15) is 4.31 Å². The molecule has 29 heavy (non-hydrogen) atoms. The maximum atomic E-state index is 14.3. The highest BCUT2D eigenvalue weighted by molar-refractivity contribution is 7.89. The zero-order valence-corrected chi connectivity index (χ0v) is 16.4. The third-order valence-corrected chi connectivity index (χ3v) is 7.23. The Morgan fingerprint density at radius 1 is 0.966 bits per heavy atom. The normalized spacial score (nSPS) is 16.1. The number of H-pyrrole nitrogens is 1. The predicted molar refractivity (Wildman–Crippen MR) is 106 cm³/mol. The van der Waals surface area contributed by atoms with Crippen LogP contribution in [-0.4, -0.2) is 37.1 Å². The first-order valence-electron chi connectivity index (χ1n) is 9.48. The Balaban J connectivity index is 1.83. The van der Waals surface area contributed by atoms with Crippen molar-refractivity contribution in [3.63, 3.8) is 0 Å². The number of carbonyl (C=O) groups is 1. The van der Waals surface area contributed by atoms with Gasteiger partial charge >= 0.3 is 0 Å². The molecule has 1 aliphatic rings. The van der Waals surface area contributed by atoms with E-state index >= 15 is 0 Å². The zero-order valence-electron chi connectivity index (χ0n) is 15.6. The molecule has 0 radical (unpaired) electrons. The summed E-state index contributed by atoms with van der Waals surface area (Å²) in [5.41, 5.74) is 0.873. The van der Waals surface area contributed by atoms with Crippen LogP contribution >= 0.6 is 0 Å². The Morgan fingerprint density at radius 2 is 1.69 bits per heavy atom. The molecule has 1 saturated heterocycles.